The van der Waals surface area contributed by atoms with Gasteiger partial charge in [-0.05, 0) is 43.3 Å². The van der Waals surface area contributed by atoms with E-state index in [1.54, 1.807) is 28.9 Å². The lowest BCUT2D eigenvalue weighted by atomic mass is 10.2. The van der Waals surface area contributed by atoms with Gasteiger partial charge in [0.2, 0.25) is 10.0 Å². The van der Waals surface area contributed by atoms with Crippen LogP contribution in [0, 0.1) is 11.3 Å². The molecule has 1 atom stereocenters. The number of carbonyl (C=O) groups is 1. The van der Waals surface area contributed by atoms with E-state index in [2.05, 4.69) is 10.8 Å². The maximum Gasteiger partial charge on any atom is 0.324 e. The number of sulfonamides is 1. The number of carbonyl (C=O) groups excluding carboxylic acids is 1. The van der Waals surface area contributed by atoms with Crippen LogP contribution in [0.4, 0.5) is 0 Å². The summed E-state index contributed by atoms with van der Waals surface area (Å²) in [5, 5.41) is 9.78. The van der Waals surface area contributed by atoms with Gasteiger partial charge in [-0.3, -0.25) is 4.79 Å². The summed E-state index contributed by atoms with van der Waals surface area (Å²) in [4.78, 5) is 12.2. The topological polar surface area (TPSA) is 101 Å². The fourth-order valence-electron chi connectivity index (χ4n) is 2.65. The van der Waals surface area contributed by atoms with Crippen molar-refractivity contribution in [1.82, 2.24) is 9.12 Å². The third kappa shape index (κ3) is 4.17. The maximum absolute atomic E-state index is 12.3. The van der Waals surface area contributed by atoms with Crippen LogP contribution in [0.25, 0.3) is 5.52 Å². The lowest BCUT2D eigenvalue weighted by Crippen LogP contribution is -2.39. The normalized spacial score (nSPS) is 12.5. The van der Waals surface area contributed by atoms with Crippen molar-refractivity contribution in [3.63, 3.8) is 0 Å². The molecule has 0 unspecified atom stereocenters. The molecule has 2 heterocycles. The van der Waals surface area contributed by atoms with E-state index in [4.69, 9.17) is 16.3 Å². The number of fused-ring (bicyclic) bond motifs is 1. The second-order valence-corrected chi connectivity index (χ2v) is 8.19. The van der Waals surface area contributed by atoms with Crippen molar-refractivity contribution >= 4 is 33.1 Å². The molecule has 0 aliphatic carbocycles. The van der Waals surface area contributed by atoms with Crippen LogP contribution in [-0.2, 0) is 26.2 Å². The van der Waals surface area contributed by atoms with E-state index in [0.29, 0.717) is 21.7 Å². The van der Waals surface area contributed by atoms with E-state index in [9.17, 15) is 18.5 Å². The van der Waals surface area contributed by atoms with Crippen molar-refractivity contribution in [2.45, 2.75) is 24.5 Å². The first-order valence-electron chi connectivity index (χ1n) is 8.25. The molecule has 1 N–H and O–H groups in total. The summed E-state index contributed by atoms with van der Waals surface area (Å²) in [6.07, 6.45) is 3.48. The van der Waals surface area contributed by atoms with E-state index in [0.717, 1.165) is 0 Å². The second-order valence-electron chi connectivity index (χ2n) is 6.04. The molecule has 0 bridgehead atoms. The monoisotopic (exact) mass is 417 g/mol. The summed E-state index contributed by atoms with van der Waals surface area (Å²) >= 11 is 5.76. The highest BCUT2D eigenvalue weighted by Gasteiger charge is 2.23. The van der Waals surface area contributed by atoms with Crippen molar-refractivity contribution < 1.29 is 17.9 Å². The Morgan fingerprint density at radius 3 is 2.68 bits per heavy atom. The van der Waals surface area contributed by atoms with Crippen molar-refractivity contribution in [2.75, 3.05) is 0 Å². The van der Waals surface area contributed by atoms with Gasteiger partial charge in [-0.25, -0.2) is 8.42 Å². The fraction of sp³-hybridized carbons (Fsp3) is 0.158. The standard InChI is InChI=1S/C19H16ClN3O4S/c1-13(22-28(25,26)16-7-5-15(20)6-8-16)19(24)27-12-14-11-23-9-3-2-4-18(23)17(14)10-21/h2-9,11,13,22H,12H2,1H3/t13-/m1/s1. The van der Waals surface area contributed by atoms with Gasteiger partial charge in [0.15, 0.2) is 0 Å². The second kappa shape index (κ2) is 8.02. The minimum Gasteiger partial charge on any atom is -0.460 e. The minimum absolute atomic E-state index is 0.0120. The summed E-state index contributed by atoms with van der Waals surface area (Å²) < 4.78 is 33.9. The molecule has 2 aromatic heterocycles. The predicted octanol–water partition coefficient (Wildman–Crippen LogP) is 2.87. The first-order valence-corrected chi connectivity index (χ1v) is 10.1. The number of hydrogen-bond donors (Lipinski definition) is 1. The summed E-state index contributed by atoms with van der Waals surface area (Å²) in [6.45, 7) is 1.24. The number of ether oxygens (including phenoxy) is 1. The number of nitriles is 1. The molecule has 0 spiro atoms. The van der Waals surface area contributed by atoms with Gasteiger partial charge in [-0.2, -0.15) is 9.98 Å². The summed E-state index contributed by atoms with van der Waals surface area (Å²) in [6, 6.07) is 12.0. The number of nitrogens with zero attached hydrogens (tertiary/aromatic N) is 2. The van der Waals surface area contributed by atoms with Crippen molar-refractivity contribution in [1.29, 1.82) is 5.26 Å². The lowest BCUT2D eigenvalue weighted by molar-refractivity contribution is -0.146. The van der Waals surface area contributed by atoms with Crippen molar-refractivity contribution in [2.24, 2.45) is 0 Å². The van der Waals surface area contributed by atoms with E-state index in [-0.39, 0.29) is 11.5 Å². The van der Waals surface area contributed by atoms with E-state index >= 15 is 0 Å². The molecule has 7 nitrogen and oxygen atoms in total. The molecule has 0 amide bonds. The zero-order valence-electron chi connectivity index (χ0n) is 14.8. The molecule has 0 saturated carbocycles. The number of hydrogen-bond acceptors (Lipinski definition) is 5. The Hall–Kier alpha value is -2.86. The van der Waals surface area contributed by atoms with E-state index in [1.807, 2.05) is 6.07 Å². The van der Waals surface area contributed by atoms with Gasteiger partial charge in [-0.1, -0.05) is 17.7 Å². The van der Waals surface area contributed by atoms with Crippen LogP contribution < -0.4 is 4.72 Å². The van der Waals surface area contributed by atoms with Crippen LogP contribution in [-0.4, -0.2) is 24.8 Å². The average Bonchev–Trinajstić information content (AvgIpc) is 3.03. The molecule has 0 aliphatic rings. The number of halogens is 1. The van der Waals surface area contributed by atoms with Gasteiger partial charge in [0.1, 0.15) is 18.7 Å². The third-order valence-electron chi connectivity index (χ3n) is 4.05. The SMILES string of the molecule is C[C@@H](NS(=O)(=O)c1ccc(Cl)cc1)C(=O)OCc1cn2ccccc2c1C#N. The molecule has 1 aromatic carbocycles. The van der Waals surface area contributed by atoms with Gasteiger partial charge in [0.05, 0.1) is 16.0 Å². The zero-order valence-corrected chi connectivity index (χ0v) is 16.4. The first kappa shape index (κ1) is 19.9. The molecule has 0 saturated heterocycles. The molecular formula is C19H16ClN3O4S. The Balaban J connectivity index is 1.68. The number of benzene rings is 1. The van der Waals surface area contributed by atoms with Crippen LogP contribution in [0.1, 0.15) is 18.1 Å². The highest BCUT2D eigenvalue weighted by molar-refractivity contribution is 7.89. The van der Waals surface area contributed by atoms with Gasteiger partial charge in [0.25, 0.3) is 0 Å². The molecule has 9 heteroatoms. The van der Waals surface area contributed by atoms with Crippen LogP contribution in [0.15, 0.2) is 59.8 Å². The van der Waals surface area contributed by atoms with E-state index < -0.39 is 22.0 Å². The number of aromatic nitrogens is 1. The number of rotatable bonds is 6. The van der Waals surface area contributed by atoms with Gasteiger partial charge in [0, 0.05) is 23.0 Å². The number of esters is 1. The Labute approximate surface area is 167 Å². The van der Waals surface area contributed by atoms with Gasteiger partial charge < -0.3 is 9.14 Å². The first-order chi connectivity index (χ1) is 13.3. The fourth-order valence-corrected chi connectivity index (χ4v) is 3.97. The average molecular weight is 418 g/mol. The highest BCUT2D eigenvalue weighted by atomic mass is 35.5. The van der Waals surface area contributed by atoms with Crippen LogP contribution in [0.2, 0.25) is 5.02 Å². The number of nitrogens with one attached hydrogen (secondary N) is 1. The highest BCUT2D eigenvalue weighted by Crippen LogP contribution is 2.19. The summed E-state index contributed by atoms with van der Waals surface area (Å²) in [5.41, 5.74) is 1.64. The molecule has 3 aromatic rings. The Morgan fingerprint density at radius 2 is 2.00 bits per heavy atom. The molecule has 28 heavy (non-hydrogen) atoms. The zero-order chi connectivity index (χ0) is 20.3. The smallest absolute Gasteiger partial charge is 0.324 e. The third-order valence-corrected chi connectivity index (χ3v) is 5.86. The van der Waals surface area contributed by atoms with Crippen molar-refractivity contribution in [3.05, 3.63) is 71.0 Å². The van der Waals surface area contributed by atoms with E-state index in [1.165, 1.54) is 31.2 Å². The quantitative estimate of drug-likeness (QED) is 0.621. The Kier molecular flexibility index (Phi) is 5.70. The molecule has 0 aliphatic heterocycles. The van der Waals surface area contributed by atoms with Crippen LogP contribution >= 0.6 is 11.6 Å². The minimum atomic E-state index is -3.90. The summed E-state index contributed by atoms with van der Waals surface area (Å²) in [5.74, 6) is -0.753. The van der Waals surface area contributed by atoms with Gasteiger partial charge >= 0.3 is 5.97 Å². The predicted molar refractivity (Wildman–Crippen MR) is 103 cm³/mol. The molecular weight excluding hydrogens is 402 g/mol. The molecule has 3 rings (SSSR count). The largest absolute Gasteiger partial charge is 0.460 e. The number of pyridine rings is 1. The molecule has 144 valence electrons. The summed E-state index contributed by atoms with van der Waals surface area (Å²) in [7, 11) is -3.90. The Bertz CT molecular complexity index is 1160. The Morgan fingerprint density at radius 1 is 1.29 bits per heavy atom. The van der Waals surface area contributed by atoms with Gasteiger partial charge in [-0.15, -0.1) is 0 Å². The molecule has 0 radical (unpaired) electrons. The van der Waals surface area contributed by atoms with Crippen molar-refractivity contribution in [3.8, 4) is 6.07 Å². The maximum atomic E-state index is 12.3. The van der Waals surface area contributed by atoms with Crippen LogP contribution in [0.5, 0.6) is 0 Å². The van der Waals surface area contributed by atoms with Crippen LogP contribution in [0.3, 0.4) is 0 Å². The molecule has 0 fully saturated rings. The lowest BCUT2D eigenvalue weighted by Gasteiger charge is -2.13.